The average Bonchev–Trinajstić information content (AvgIpc) is 3.77. The number of imidazole rings is 1. The predicted molar refractivity (Wildman–Crippen MR) is 168 cm³/mol. The number of rotatable bonds is 10. The lowest BCUT2D eigenvalue weighted by atomic mass is 9.91. The Hall–Kier alpha value is -3.67. The smallest absolute Gasteiger partial charge is 0.351 e. The van der Waals surface area contributed by atoms with E-state index in [1.54, 1.807) is 11.0 Å². The van der Waals surface area contributed by atoms with Crippen LogP contribution >= 0.6 is 22.9 Å². The largest absolute Gasteiger partial charge is 0.489 e. The van der Waals surface area contributed by atoms with Crippen LogP contribution in [0.5, 0.6) is 11.5 Å². The van der Waals surface area contributed by atoms with Crippen LogP contribution in [-0.4, -0.2) is 69.7 Å². The molecule has 0 bridgehead atoms. The van der Waals surface area contributed by atoms with Gasteiger partial charge < -0.3 is 19.1 Å². The Labute approximate surface area is 264 Å². The van der Waals surface area contributed by atoms with Gasteiger partial charge in [-0.15, -0.1) is 11.3 Å². The first-order valence-electron chi connectivity index (χ1n) is 14.7. The number of hydrogen-bond acceptors (Lipinski definition) is 8. The summed E-state index contributed by atoms with van der Waals surface area (Å²) < 4.78 is 34.2. The molecule has 4 heterocycles. The molecule has 44 heavy (non-hydrogen) atoms. The molecule has 232 valence electrons. The monoisotopic (exact) mass is 639 g/mol. The normalized spacial score (nSPS) is 17.8. The van der Waals surface area contributed by atoms with E-state index in [0.717, 1.165) is 59.9 Å². The van der Waals surface area contributed by atoms with E-state index in [2.05, 4.69) is 22.2 Å². The molecule has 0 spiro atoms. The lowest BCUT2D eigenvalue weighted by molar-refractivity contribution is 0.0600. The highest BCUT2D eigenvalue weighted by Crippen LogP contribution is 2.40. The third kappa shape index (κ3) is 6.27. The third-order valence-corrected chi connectivity index (χ3v) is 9.69. The highest BCUT2D eigenvalue weighted by atomic mass is 35.5. The topological polar surface area (TPSA) is 83.6 Å². The van der Waals surface area contributed by atoms with Gasteiger partial charge in [-0.3, -0.25) is 9.25 Å². The number of aryl methyl sites for hydroxylation is 1. The second kappa shape index (κ2) is 13.1. The third-order valence-electron chi connectivity index (χ3n) is 8.19. The van der Waals surface area contributed by atoms with Crippen molar-refractivity contribution >= 4 is 35.0 Å². The fraction of sp³-hybridized carbons (Fsp3) is 0.406. The quantitative estimate of drug-likeness (QED) is 0.185. The van der Waals surface area contributed by atoms with Gasteiger partial charge in [0.25, 0.3) is 0 Å². The molecular weight excluding hydrogens is 605 g/mol. The average molecular weight is 640 g/mol. The van der Waals surface area contributed by atoms with Crippen LogP contribution in [0.15, 0.2) is 49.1 Å². The fourth-order valence-electron chi connectivity index (χ4n) is 5.79. The van der Waals surface area contributed by atoms with Crippen molar-refractivity contribution in [3.05, 3.63) is 81.5 Å². The van der Waals surface area contributed by atoms with Gasteiger partial charge in [0.2, 0.25) is 0 Å². The van der Waals surface area contributed by atoms with Crippen molar-refractivity contribution in [3.63, 3.8) is 0 Å². The molecule has 0 amide bonds. The zero-order valence-corrected chi connectivity index (χ0v) is 26.5. The van der Waals surface area contributed by atoms with E-state index in [1.807, 2.05) is 55.2 Å². The van der Waals surface area contributed by atoms with Crippen LogP contribution < -0.4 is 9.47 Å². The van der Waals surface area contributed by atoms with E-state index < -0.39 is 12.1 Å². The number of benzene rings is 1. The summed E-state index contributed by atoms with van der Waals surface area (Å²) in [4.78, 5) is 20.0. The molecule has 3 aromatic heterocycles. The van der Waals surface area contributed by atoms with Gasteiger partial charge in [-0.1, -0.05) is 29.8 Å². The Morgan fingerprint density at radius 1 is 1.25 bits per heavy atom. The molecule has 0 radical (unpaired) electrons. The van der Waals surface area contributed by atoms with E-state index in [0.29, 0.717) is 27.9 Å². The van der Waals surface area contributed by atoms with Gasteiger partial charge in [-0.05, 0) is 37.5 Å². The molecule has 6 rings (SSSR count). The Balaban J connectivity index is 1.20. The molecule has 1 fully saturated rings. The van der Waals surface area contributed by atoms with Crippen molar-refractivity contribution in [1.29, 1.82) is 0 Å². The molecule has 0 saturated carbocycles. The van der Waals surface area contributed by atoms with E-state index in [4.69, 9.17) is 30.8 Å². The zero-order valence-electron chi connectivity index (χ0n) is 24.9. The maximum absolute atomic E-state index is 12.8. The maximum atomic E-state index is 12.8. The number of esters is 1. The van der Waals surface area contributed by atoms with Crippen LogP contribution in [0.1, 0.15) is 64.0 Å². The van der Waals surface area contributed by atoms with Crippen LogP contribution in [0.25, 0.3) is 11.1 Å². The summed E-state index contributed by atoms with van der Waals surface area (Å²) in [6.07, 6.45) is 11.8. The van der Waals surface area contributed by atoms with E-state index in [9.17, 15) is 9.18 Å². The summed E-state index contributed by atoms with van der Waals surface area (Å²) in [6.45, 7) is 3.60. The summed E-state index contributed by atoms with van der Waals surface area (Å²) in [5.41, 5.74) is 3.82. The van der Waals surface area contributed by atoms with E-state index >= 15 is 0 Å². The standard InChI is InChI=1S/C32H35ClFN5O4S/c1-20(24-5-4-6-27(30(24)33)43-23-9-12-38(13-10-23)14-11-34)42-28-16-29(44-31(28)32(40)41-3)39-19-35-25-15-21(7-8-26(25)39)22-17-36-37(2)18-22/h4-8,16-21,23H,9-15H2,1-3H3. The van der Waals surface area contributed by atoms with E-state index in [-0.39, 0.29) is 18.7 Å². The van der Waals surface area contributed by atoms with Crippen LogP contribution in [0.2, 0.25) is 5.02 Å². The van der Waals surface area contributed by atoms with Gasteiger partial charge in [0.05, 0.1) is 29.7 Å². The second-order valence-electron chi connectivity index (χ2n) is 11.1. The molecule has 1 aromatic carbocycles. The SMILES string of the molecule is COC(=O)c1sc(-n2cnc3c2C=CC(c2cnn(C)c2)C3)cc1OC(C)c1cccc(OC2CCN(CCF)CC2)c1Cl. The highest BCUT2D eigenvalue weighted by Gasteiger charge is 2.27. The Morgan fingerprint density at radius 3 is 2.80 bits per heavy atom. The van der Waals surface area contributed by atoms with Gasteiger partial charge in [0.1, 0.15) is 41.7 Å². The number of nitrogens with zero attached hydrogens (tertiary/aromatic N) is 5. The molecule has 1 aliphatic heterocycles. The van der Waals surface area contributed by atoms with Crippen LogP contribution in [0.3, 0.4) is 0 Å². The molecule has 12 heteroatoms. The molecule has 2 aliphatic rings. The molecule has 2 atom stereocenters. The van der Waals surface area contributed by atoms with Crippen molar-refractivity contribution in [1.82, 2.24) is 24.2 Å². The number of methoxy groups -OCH3 is 1. The summed E-state index contributed by atoms with van der Waals surface area (Å²) >= 11 is 8.13. The molecule has 1 saturated heterocycles. The highest BCUT2D eigenvalue weighted by molar-refractivity contribution is 7.16. The minimum atomic E-state index is -0.486. The lowest BCUT2D eigenvalue weighted by Crippen LogP contribution is -2.39. The van der Waals surface area contributed by atoms with Gasteiger partial charge in [-0.25, -0.2) is 14.2 Å². The number of aromatic nitrogens is 4. The van der Waals surface area contributed by atoms with Gasteiger partial charge >= 0.3 is 5.97 Å². The summed E-state index contributed by atoms with van der Waals surface area (Å²) in [5.74, 6) is 0.713. The van der Waals surface area contributed by atoms with Crippen molar-refractivity contribution in [2.24, 2.45) is 7.05 Å². The van der Waals surface area contributed by atoms with Crippen LogP contribution in [0.4, 0.5) is 4.39 Å². The number of fused-ring (bicyclic) bond motifs is 1. The van der Waals surface area contributed by atoms with Gasteiger partial charge in [-0.2, -0.15) is 5.10 Å². The van der Waals surface area contributed by atoms with Crippen LogP contribution in [0, 0.1) is 0 Å². The number of likely N-dealkylation sites (tertiary alicyclic amines) is 1. The van der Waals surface area contributed by atoms with Gasteiger partial charge in [0.15, 0.2) is 4.88 Å². The first-order valence-corrected chi connectivity index (χ1v) is 15.9. The number of ether oxygens (including phenoxy) is 3. The van der Waals surface area contributed by atoms with Crippen molar-refractivity contribution in [3.8, 4) is 16.5 Å². The molecule has 1 aliphatic carbocycles. The minimum Gasteiger partial charge on any atom is -0.489 e. The van der Waals surface area contributed by atoms with Crippen molar-refractivity contribution in [2.75, 3.05) is 33.4 Å². The molecule has 0 N–H and O–H groups in total. The molecule has 2 unspecified atom stereocenters. The number of hydrogen-bond donors (Lipinski definition) is 0. The van der Waals surface area contributed by atoms with Crippen molar-refractivity contribution < 1.29 is 23.4 Å². The number of allylic oxidation sites excluding steroid dienone is 1. The number of halogens is 2. The number of alkyl halides is 1. The minimum absolute atomic E-state index is 0.00925. The number of piperidine rings is 1. The fourth-order valence-corrected chi connectivity index (χ4v) is 7.11. The Bertz CT molecular complexity index is 1660. The first-order chi connectivity index (χ1) is 21.3. The summed E-state index contributed by atoms with van der Waals surface area (Å²) in [7, 11) is 3.27. The molecular formula is C32H35ClFN5O4S. The second-order valence-corrected chi connectivity index (χ2v) is 12.5. The zero-order chi connectivity index (χ0) is 30.8. The summed E-state index contributed by atoms with van der Waals surface area (Å²) in [5, 5.41) is 5.56. The van der Waals surface area contributed by atoms with E-state index in [1.165, 1.54) is 18.4 Å². The number of thiophene rings is 1. The first kappa shape index (κ1) is 30.4. The maximum Gasteiger partial charge on any atom is 0.351 e. The lowest BCUT2D eigenvalue weighted by Gasteiger charge is -2.31. The Morgan fingerprint density at radius 2 is 2.07 bits per heavy atom. The predicted octanol–water partition coefficient (Wildman–Crippen LogP) is 6.41. The van der Waals surface area contributed by atoms with Gasteiger partial charge in [0, 0.05) is 56.8 Å². The Kier molecular flexibility index (Phi) is 9.06. The van der Waals surface area contributed by atoms with Crippen molar-refractivity contribution in [2.45, 2.75) is 44.3 Å². The summed E-state index contributed by atoms with van der Waals surface area (Å²) in [6, 6.07) is 7.47. The molecule has 4 aromatic rings. The number of carbonyl (C=O) groups is 1. The number of carbonyl (C=O) groups excluding carboxylic acids is 1. The molecule has 9 nitrogen and oxygen atoms in total. The van der Waals surface area contributed by atoms with Crippen LogP contribution in [-0.2, 0) is 18.2 Å².